The van der Waals surface area contributed by atoms with E-state index in [1.807, 2.05) is 56.3 Å². The number of rotatable bonds is 5. The molecule has 2 N–H and O–H groups in total. The van der Waals surface area contributed by atoms with Gasteiger partial charge in [-0.2, -0.15) is 0 Å². The smallest absolute Gasteiger partial charge is 0.237 e. The Morgan fingerprint density at radius 1 is 1.08 bits per heavy atom. The van der Waals surface area contributed by atoms with Crippen molar-refractivity contribution < 1.29 is 9.53 Å². The fourth-order valence-electron chi connectivity index (χ4n) is 3.05. The zero-order valence-electron chi connectivity index (χ0n) is 14.2. The maximum absolute atomic E-state index is 12.2. The summed E-state index contributed by atoms with van der Waals surface area (Å²) in [5.41, 5.74) is 8.29. The third-order valence-corrected chi connectivity index (χ3v) is 4.24. The summed E-state index contributed by atoms with van der Waals surface area (Å²) in [6.07, 6.45) is 1.69. The first-order valence-corrected chi connectivity index (χ1v) is 8.48. The van der Waals surface area contributed by atoms with Crippen molar-refractivity contribution in [1.82, 2.24) is 10.9 Å². The number of carbonyl (C=O) groups is 1. The van der Waals surface area contributed by atoms with Crippen molar-refractivity contribution in [3.63, 3.8) is 0 Å². The van der Waals surface area contributed by atoms with Crippen LogP contribution in [0.3, 0.4) is 0 Å². The normalized spacial score (nSPS) is 20.7. The summed E-state index contributed by atoms with van der Waals surface area (Å²) >= 11 is 0. The van der Waals surface area contributed by atoms with E-state index in [0.29, 0.717) is 0 Å². The Hall–Kier alpha value is -2.33. The number of nitrogens with one attached hydrogen (secondary N) is 2. The number of ether oxygens (including phenoxy) is 1. The first-order valence-electron chi connectivity index (χ1n) is 8.48. The van der Waals surface area contributed by atoms with Crippen LogP contribution in [0.15, 0.2) is 54.6 Å². The molecule has 24 heavy (non-hydrogen) atoms. The number of benzene rings is 2. The lowest BCUT2D eigenvalue weighted by molar-refractivity contribution is -0.128. The summed E-state index contributed by atoms with van der Waals surface area (Å²) in [4.78, 5) is 12.2. The molecule has 0 radical (unpaired) electrons. The predicted octanol–water partition coefficient (Wildman–Crippen LogP) is 3.40. The van der Waals surface area contributed by atoms with E-state index in [0.717, 1.165) is 24.2 Å². The number of carbonyl (C=O) groups excluding carboxylic acids is 1. The van der Waals surface area contributed by atoms with E-state index < -0.39 is 0 Å². The molecule has 0 saturated carbocycles. The van der Waals surface area contributed by atoms with E-state index in [-0.39, 0.29) is 24.0 Å². The molecule has 2 aromatic rings. The highest BCUT2D eigenvalue weighted by atomic mass is 16.5. The highest BCUT2D eigenvalue weighted by Gasteiger charge is 2.29. The Balaban J connectivity index is 1.65. The monoisotopic (exact) mass is 324 g/mol. The van der Waals surface area contributed by atoms with Gasteiger partial charge in [0.25, 0.3) is 0 Å². The fourth-order valence-corrected chi connectivity index (χ4v) is 3.05. The lowest BCUT2D eigenvalue weighted by Crippen LogP contribution is -2.49. The fraction of sp³-hybridized carbons (Fsp3) is 0.350. The van der Waals surface area contributed by atoms with E-state index in [1.165, 1.54) is 5.56 Å². The van der Waals surface area contributed by atoms with Crippen LogP contribution in [0, 0.1) is 5.92 Å². The lowest BCUT2D eigenvalue weighted by Gasteiger charge is -2.30. The van der Waals surface area contributed by atoms with Gasteiger partial charge in [0.05, 0.1) is 12.1 Å². The maximum Gasteiger partial charge on any atom is 0.237 e. The molecule has 2 aromatic carbocycles. The number of hydrogen-bond acceptors (Lipinski definition) is 3. The van der Waals surface area contributed by atoms with Gasteiger partial charge in [0.2, 0.25) is 5.91 Å². The van der Waals surface area contributed by atoms with Crippen molar-refractivity contribution >= 4 is 5.91 Å². The molecule has 4 nitrogen and oxygen atoms in total. The molecular formula is C20H24N2O2. The molecule has 0 spiro atoms. The lowest BCUT2D eigenvalue weighted by atomic mass is 9.88. The largest absolute Gasteiger partial charge is 0.491 e. The SMILES string of the molecule is CC(C)Oc1ccc(CC2CC(c3ccccc3)NNC2=O)cc1. The van der Waals surface area contributed by atoms with Gasteiger partial charge >= 0.3 is 0 Å². The number of amides is 1. The van der Waals surface area contributed by atoms with E-state index >= 15 is 0 Å². The Morgan fingerprint density at radius 3 is 2.46 bits per heavy atom. The molecule has 1 heterocycles. The predicted molar refractivity (Wildman–Crippen MR) is 94.5 cm³/mol. The van der Waals surface area contributed by atoms with Gasteiger partial charge in [-0.1, -0.05) is 42.5 Å². The average Bonchev–Trinajstić information content (AvgIpc) is 2.59. The summed E-state index contributed by atoms with van der Waals surface area (Å²) < 4.78 is 5.67. The van der Waals surface area contributed by atoms with Crippen molar-refractivity contribution in [2.24, 2.45) is 5.92 Å². The minimum Gasteiger partial charge on any atom is -0.491 e. The first kappa shape index (κ1) is 16.5. The second-order valence-corrected chi connectivity index (χ2v) is 6.54. The van der Waals surface area contributed by atoms with Gasteiger partial charge in [0, 0.05) is 5.92 Å². The molecule has 0 bridgehead atoms. The molecule has 1 saturated heterocycles. The van der Waals surface area contributed by atoms with Crippen LogP contribution in [0.4, 0.5) is 0 Å². The van der Waals surface area contributed by atoms with E-state index in [9.17, 15) is 4.79 Å². The van der Waals surface area contributed by atoms with Crippen LogP contribution >= 0.6 is 0 Å². The number of hydrazine groups is 1. The van der Waals surface area contributed by atoms with Gasteiger partial charge in [-0.25, -0.2) is 5.43 Å². The Morgan fingerprint density at radius 2 is 1.79 bits per heavy atom. The topological polar surface area (TPSA) is 50.4 Å². The van der Waals surface area contributed by atoms with Crippen molar-refractivity contribution in [2.45, 2.75) is 38.8 Å². The van der Waals surface area contributed by atoms with Gasteiger partial charge in [-0.05, 0) is 49.9 Å². The molecule has 4 heteroatoms. The molecule has 2 atom stereocenters. The average molecular weight is 324 g/mol. The van der Waals surface area contributed by atoms with E-state index in [1.54, 1.807) is 0 Å². The van der Waals surface area contributed by atoms with Crippen LogP contribution in [-0.2, 0) is 11.2 Å². The molecule has 1 amide bonds. The molecule has 126 valence electrons. The maximum atomic E-state index is 12.2. The summed E-state index contributed by atoms with van der Waals surface area (Å²) in [5, 5.41) is 0. The second kappa shape index (κ2) is 7.49. The van der Waals surface area contributed by atoms with Gasteiger partial charge < -0.3 is 4.74 Å². The molecule has 1 fully saturated rings. The quantitative estimate of drug-likeness (QED) is 0.886. The van der Waals surface area contributed by atoms with Crippen molar-refractivity contribution in [3.05, 3.63) is 65.7 Å². The highest BCUT2D eigenvalue weighted by Crippen LogP contribution is 2.27. The van der Waals surface area contributed by atoms with Crippen molar-refractivity contribution in [3.8, 4) is 5.75 Å². The first-order chi connectivity index (χ1) is 11.6. The van der Waals surface area contributed by atoms with Crippen LogP contribution < -0.4 is 15.6 Å². The van der Waals surface area contributed by atoms with Crippen LogP contribution in [-0.4, -0.2) is 12.0 Å². The summed E-state index contributed by atoms with van der Waals surface area (Å²) in [7, 11) is 0. The van der Waals surface area contributed by atoms with Crippen LogP contribution in [0.25, 0.3) is 0 Å². The minimum atomic E-state index is -0.0340. The zero-order chi connectivity index (χ0) is 16.9. The molecule has 2 unspecified atom stereocenters. The van der Waals surface area contributed by atoms with Gasteiger partial charge in [-0.15, -0.1) is 0 Å². The summed E-state index contributed by atoms with van der Waals surface area (Å²) in [5.74, 6) is 0.892. The van der Waals surface area contributed by atoms with Crippen LogP contribution in [0.2, 0.25) is 0 Å². The van der Waals surface area contributed by atoms with Gasteiger partial charge in [-0.3, -0.25) is 10.2 Å². The van der Waals surface area contributed by atoms with Gasteiger partial charge in [0.15, 0.2) is 0 Å². The highest BCUT2D eigenvalue weighted by molar-refractivity contribution is 5.79. The zero-order valence-corrected chi connectivity index (χ0v) is 14.2. The van der Waals surface area contributed by atoms with Crippen LogP contribution in [0.1, 0.15) is 37.4 Å². The molecule has 1 aliphatic rings. The van der Waals surface area contributed by atoms with E-state index in [2.05, 4.69) is 23.0 Å². The Labute approximate surface area is 143 Å². The molecule has 3 rings (SSSR count). The molecule has 1 aliphatic heterocycles. The van der Waals surface area contributed by atoms with Gasteiger partial charge in [0.1, 0.15) is 5.75 Å². The van der Waals surface area contributed by atoms with E-state index in [4.69, 9.17) is 4.74 Å². The third kappa shape index (κ3) is 4.15. The van der Waals surface area contributed by atoms with Crippen molar-refractivity contribution in [2.75, 3.05) is 0 Å². The molecular weight excluding hydrogens is 300 g/mol. The standard InChI is InChI=1S/C20H24N2O2/c1-14(2)24-18-10-8-15(9-11-18)12-17-13-19(21-22-20(17)23)16-6-4-3-5-7-16/h3-11,14,17,19,21H,12-13H2,1-2H3,(H,22,23). The molecule has 0 aromatic heterocycles. The summed E-state index contributed by atoms with van der Waals surface area (Å²) in [6, 6.07) is 18.4. The second-order valence-electron chi connectivity index (χ2n) is 6.54. The summed E-state index contributed by atoms with van der Waals surface area (Å²) in [6.45, 7) is 4.02. The van der Waals surface area contributed by atoms with Crippen LogP contribution in [0.5, 0.6) is 5.75 Å². The van der Waals surface area contributed by atoms with Crippen molar-refractivity contribution in [1.29, 1.82) is 0 Å². The third-order valence-electron chi connectivity index (χ3n) is 4.24. The number of hydrogen-bond donors (Lipinski definition) is 2. The Bertz CT molecular complexity index is 668. The minimum absolute atomic E-state index is 0.0340. The Kier molecular flexibility index (Phi) is 5.16. The molecule has 0 aliphatic carbocycles.